The van der Waals surface area contributed by atoms with Crippen LogP contribution in [0.1, 0.15) is 16.1 Å². The number of halogens is 1. The lowest BCUT2D eigenvalue weighted by Crippen LogP contribution is -2.35. The standard InChI is InChI=1S/C18H16BrN5O4/c1-11-16(17-20-7-4-8-24(17)23-11)18(27)28-10-15(26)21-9-14(25)22-13-6-3-2-5-12(13)19/h2-8H,9-10H2,1H3,(H,21,26)(H,22,25). The van der Waals surface area contributed by atoms with Crippen LogP contribution in [0, 0.1) is 6.92 Å². The number of amides is 2. The lowest BCUT2D eigenvalue weighted by Gasteiger charge is -2.08. The van der Waals surface area contributed by atoms with Crippen LogP contribution >= 0.6 is 15.9 Å². The number of carbonyl (C=O) groups excluding carboxylic acids is 3. The third-order valence-electron chi connectivity index (χ3n) is 3.70. The lowest BCUT2D eigenvalue weighted by atomic mass is 10.2. The fourth-order valence-electron chi connectivity index (χ4n) is 2.43. The van der Waals surface area contributed by atoms with Crippen molar-refractivity contribution in [3.8, 4) is 0 Å². The van der Waals surface area contributed by atoms with Gasteiger partial charge in [-0.15, -0.1) is 0 Å². The van der Waals surface area contributed by atoms with E-state index < -0.39 is 24.4 Å². The molecule has 2 heterocycles. The number of esters is 1. The molecule has 0 unspecified atom stereocenters. The van der Waals surface area contributed by atoms with E-state index in [9.17, 15) is 14.4 Å². The van der Waals surface area contributed by atoms with Crippen LogP contribution in [-0.4, -0.2) is 45.5 Å². The highest BCUT2D eigenvalue weighted by molar-refractivity contribution is 9.10. The highest BCUT2D eigenvalue weighted by Crippen LogP contribution is 2.20. The molecule has 0 aliphatic rings. The van der Waals surface area contributed by atoms with E-state index in [-0.39, 0.29) is 12.1 Å². The molecule has 0 bridgehead atoms. The molecule has 3 rings (SSSR count). The summed E-state index contributed by atoms with van der Waals surface area (Å²) in [5.41, 5.74) is 1.57. The van der Waals surface area contributed by atoms with Crippen LogP contribution in [-0.2, 0) is 14.3 Å². The Morgan fingerprint density at radius 1 is 1.18 bits per heavy atom. The summed E-state index contributed by atoms with van der Waals surface area (Å²) in [4.78, 5) is 40.2. The summed E-state index contributed by atoms with van der Waals surface area (Å²) in [7, 11) is 0. The summed E-state index contributed by atoms with van der Waals surface area (Å²) in [6.07, 6.45) is 3.19. The highest BCUT2D eigenvalue weighted by atomic mass is 79.9. The first-order valence-electron chi connectivity index (χ1n) is 8.24. The second kappa shape index (κ2) is 8.61. The fourth-order valence-corrected chi connectivity index (χ4v) is 2.81. The molecule has 3 aromatic rings. The molecule has 0 saturated carbocycles. The lowest BCUT2D eigenvalue weighted by molar-refractivity contribution is -0.126. The van der Waals surface area contributed by atoms with Gasteiger partial charge >= 0.3 is 5.97 Å². The zero-order valence-corrected chi connectivity index (χ0v) is 16.4. The van der Waals surface area contributed by atoms with E-state index in [4.69, 9.17) is 4.74 Å². The molecule has 10 heteroatoms. The largest absolute Gasteiger partial charge is 0.452 e. The minimum absolute atomic E-state index is 0.195. The van der Waals surface area contributed by atoms with Gasteiger partial charge in [0.05, 0.1) is 17.9 Å². The number of benzene rings is 1. The van der Waals surface area contributed by atoms with Crippen LogP contribution in [0.4, 0.5) is 5.69 Å². The zero-order valence-electron chi connectivity index (χ0n) is 14.8. The molecule has 9 nitrogen and oxygen atoms in total. The van der Waals surface area contributed by atoms with Crippen molar-refractivity contribution < 1.29 is 19.1 Å². The first kappa shape index (κ1) is 19.5. The number of nitrogens with one attached hydrogen (secondary N) is 2. The Balaban J connectivity index is 1.50. The van der Waals surface area contributed by atoms with E-state index >= 15 is 0 Å². The van der Waals surface area contributed by atoms with Gasteiger partial charge in [0, 0.05) is 16.9 Å². The van der Waals surface area contributed by atoms with Gasteiger partial charge in [0.2, 0.25) is 5.91 Å². The van der Waals surface area contributed by atoms with Crippen molar-refractivity contribution in [2.45, 2.75) is 6.92 Å². The maximum Gasteiger partial charge on any atom is 0.344 e. The van der Waals surface area contributed by atoms with Gasteiger partial charge in [0.1, 0.15) is 5.56 Å². The number of aryl methyl sites for hydroxylation is 1. The van der Waals surface area contributed by atoms with Gasteiger partial charge in [-0.1, -0.05) is 12.1 Å². The van der Waals surface area contributed by atoms with Gasteiger partial charge in [-0.05, 0) is 41.1 Å². The maximum absolute atomic E-state index is 12.3. The van der Waals surface area contributed by atoms with Crippen molar-refractivity contribution in [2.24, 2.45) is 0 Å². The maximum atomic E-state index is 12.3. The predicted molar refractivity (Wildman–Crippen MR) is 104 cm³/mol. The van der Waals surface area contributed by atoms with E-state index in [2.05, 4.69) is 36.6 Å². The Kier molecular flexibility index (Phi) is 5.99. The summed E-state index contributed by atoms with van der Waals surface area (Å²) >= 11 is 3.32. The quantitative estimate of drug-likeness (QED) is 0.558. The van der Waals surface area contributed by atoms with E-state index in [1.807, 2.05) is 6.07 Å². The van der Waals surface area contributed by atoms with Crippen molar-refractivity contribution in [3.63, 3.8) is 0 Å². The molecule has 0 saturated heterocycles. The number of fused-ring (bicyclic) bond motifs is 1. The Labute approximate surface area is 168 Å². The van der Waals surface area contributed by atoms with Crippen molar-refractivity contribution in [3.05, 3.63) is 58.5 Å². The SMILES string of the molecule is Cc1nn2cccnc2c1C(=O)OCC(=O)NCC(=O)Nc1ccccc1Br. The predicted octanol–water partition coefficient (Wildman–Crippen LogP) is 1.71. The molecular formula is C18H16BrN5O4. The number of para-hydroxylation sites is 1. The molecule has 1 aromatic carbocycles. The minimum Gasteiger partial charge on any atom is -0.452 e. The highest BCUT2D eigenvalue weighted by Gasteiger charge is 2.20. The number of hydrogen-bond donors (Lipinski definition) is 2. The van der Waals surface area contributed by atoms with Gasteiger partial charge in [-0.25, -0.2) is 14.3 Å². The molecule has 144 valence electrons. The van der Waals surface area contributed by atoms with Crippen molar-refractivity contribution >= 4 is 45.0 Å². The number of nitrogens with zero attached hydrogens (tertiary/aromatic N) is 3. The Hall–Kier alpha value is -3.27. The molecule has 0 radical (unpaired) electrons. The Morgan fingerprint density at radius 3 is 2.75 bits per heavy atom. The smallest absolute Gasteiger partial charge is 0.344 e. The minimum atomic E-state index is -0.709. The van der Waals surface area contributed by atoms with Gasteiger partial charge in [-0.3, -0.25) is 9.59 Å². The second-order valence-corrected chi connectivity index (χ2v) is 6.58. The third-order valence-corrected chi connectivity index (χ3v) is 4.39. The molecular weight excluding hydrogens is 430 g/mol. The van der Waals surface area contributed by atoms with Crippen LogP contribution in [0.5, 0.6) is 0 Å². The second-order valence-electron chi connectivity index (χ2n) is 5.73. The number of rotatable bonds is 6. The first-order valence-corrected chi connectivity index (χ1v) is 9.03. The average Bonchev–Trinajstić information content (AvgIpc) is 3.02. The van der Waals surface area contributed by atoms with Gasteiger partial charge in [0.15, 0.2) is 12.3 Å². The number of hydrogen-bond acceptors (Lipinski definition) is 6. The third kappa shape index (κ3) is 4.52. The van der Waals surface area contributed by atoms with Crippen molar-refractivity contribution in [1.82, 2.24) is 19.9 Å². The summed E-state index contributed by atoms with van der Waals surface area (Å²) in [5.74, 6) is -1.72. The number of ether oxygens (including phenoxy) is 1. The van der Waals surface area contributed by atoms with Crippen LogP contribution in [0.3, 0.4) is 0 Å². The fraction of sp³-hybridized carbons (Fsp3) is 0.167. The average molecular weight is 446 g/mol. The molecule has 2 amide bonds. The Morgan fingerprint density at radius 2 is 1.96 bits per heavy atom. The van der Waals surface area contributed by atoms with Crippen LogP contribution in [0.2, 0.25) is 0 Å². The molecule has 0 aliphatic heterocycles. The summed E-state index contributed by atoms with van der Waals surface area (Å²) in [6.45, 7) is 0.872. The van der Waals surface area contributed by atoms with Crippen molar-refractivity contribution in [1.29, 1.82) is 0 Å². The summed E-state index contributed by atoms with van der Waals surface area (Å²) in [5, 5.41) is 9.21. The molecule has 2 N–H and O–H groups in total. The summed E-state index contributed by atoms with van der Waals surface area (Å²) in [6, 6.07) is 8.77. The molecule has 0 fully saturated rings. The number of aromatic nitrogens is 3. The monoisotopic (exact) mass is 445 g/mol. The van der Waals surface area contributed by atoms with E-state index in [1.165, 1.54) is 10.7 Å². The Bertz CT molecular complexity index is 1050. The molecule has 28 heavy (non-hydrogen) atoms. The molecule has 0 atom stereocenters. The summed E-state index contributed by atoms with van der Waals surface area (Å²) < 4.78 is 7.20. The number of carbonyl (C=O) groups is 3. The van der Waals surface area contributed by atoms with Crippen LogP contribution < -0.4 is 10.6 Å². The van der Waals surface area contributed by atoms with Gasteiger partial charge in [-0.2, -0.15) is 5.10 Å². The molecule has 0 spiro atoms. The first-order chi connectivity index (χ1) is 13.5. The molecule has 2 aromatic heterocycles. The van der Waals surface area contributed by atoms with Gasteiger partial charge < -0.3 is 15.4 Å². The van der Waals surface area contributed by atoms with Crippen LogP contribution in [0.25, 0.3) is 5.65 Å². The van der Waals surface area contributed by atoms with E-state index in [0.29, 0.717) is 17.0 Å². The normalized spacial score (nSPS) is 10.5. The molecule has 0 aliphatic carbocycles. The number of anilines is 1. The zero-order chi connectivity index (χ0) is 20.1. The van der Waals surface area contributed by atoms with Crippen molar-refractivity contribution in [2.75, 3.05) is 18.5 Å². The van der Waals surface area contributed by atoms with Gasteiger partial charge in [0.25, 0.3) is 5.91 Å². The van der Waals surface area contributed by atoms with Crippen LogP contribution in [0.15, 0.2) is 47.2 Å². The topological polar surface area (TPSA) is 115 Å². The van der Waals surface area contributed by atoms with E-state index in [1.54, 1.807) is 37.4 Å². The van der Waals surface area contributed by atoms with E-state index in [0.717, 1.165) is 4.47 Å².